The predicted molar refractivity (Wildman–Crippen MR) is 51.3 cm³/mol. The van der Waals surface area contributed by atoms with Gasteiger partial charge in [-0.2, -0.15) is 0 Å². The van der Waals surface area contributed by atoms with E-state index in [1.54, 1.807) is 0 Å². The highest BCUT2D eigenvalue weighted by atomic mass is 16.5. The van der Waals surface area contributed by atoms with Crippen molar-refractivity contribution in [1.29, 1.82) is 0 Å². The average Bonchev–Trinajstić information content (AvgIpc) is 1.95. The Hall–Kier alpha value is -0.340. The van der Waals surface area contributed by atoms with Crippen LogP contribution in [-0.2, 0) is 9.47 Å². The van der Waals surface area contributed by atoms with E-state index >= 15 is 0 Å². The van der Waals surface area contributed by atoms with Crippen LogP contribution in [0.1, 0.15) is 27.7 Å². The highest BCUT2D eigenvalue weighted by Gasteiger charge is 1.89. The van der Waals surface area contributed by atoms with Crippen LogP contribution in [0.5, 0.6) is 0 Å². The Morgan fingerprint density at radius 1 is 0.833 bits per heavy atom. The first-order valence-electron chi connectivity index (χ1n) is 4.51. The van der Waals surface area contributed by atoms with Gasteiger partial charge in [-0.1, -0.05) is 12.2 Å². The van der Waals surface area contributed by atoms with Crippen molar-refractivity contribution >= 4 is 0 Å². The van der Waals surface area contributed by atoms with Crippen molar-refractivity contribution in [2.45, 2.75) is 39.9 Å². The quantitative estimate of drug-likeness (QED) is 0.573. The first kappa shape index (κ1) is 11.7. The Balaban J connectivity index is 3.15. The summed E-state index contributed by atoms with van der Waals surface area (Å²) in [5.74, 6) is 0. The standard InChI is InChI=1S/C10H20O2/c1-9(2)11-7-5-6-8-12-10(3)4/h5-6,9-10H,7-8H2,1-4H3/b6-5+. The van der Waals surface area contributed by atoms with Crippen LogP contribution in [0.3, 0.4) is 0 Å². The van der Waals surface area contributed by atoms with Crippen LogP contribution in [0.2, 0.25) is 0 Å². The summed E-state index contributed by atoms with van der Waals surface area (Å²) in [4.78, 5) is 0. The van der Waals surface area contributed by atoms with E-state index in [9.17, 15) is 0 Å². The molecular weight excluding hydrogens is 152 g/mol. The van der Waals surface area contributed by atoms with Gasteiger partial charge in [0.25, 0.3) is 0 Å². The molecule has 0 saturated carbocycles. The molecule has 0 fully saturated rings. The summed E-state index contributed by atoms with van der Waals surface area (Å²) in [7, 11) is 0. The Morgan fingerprint density at radius 3 is 1.42 bits per heavy atom. The molecule has 0 aromatic rings. The molecule has 2 heteroatoms. The first-order chi connectivity index (χ1) is 5.63. The van der Waals surface area contributed by atoms with Crippen LogP contribution in [0.25, 0.3) is 0 Å². The minimum atomic E-state index is 0.306. The third kappa shape index (κ3) is 9.66. The van der Waals surface area contributed by atoms with E-state index in [0.29, 0.717) is 25.4 Å². The van der Waals surface area contributed by atoms with Gasteiger partial charge in [0.05, 0.1) is 25.4 Å². The minimum Gasteiger partial charge on any atom is -0.375 e. The highest BCUT2D eigenvalue weighted by Crippen LogP contribution is 1.90. The monoisotopic (exact) mass is 172 g/mol. The zero-order valence-electron chi connectivity index (χ0n) is 8.54. The van der Waals surface area contributed by atoms with Crippen molar-refractivity contribution in [2.24, 2.45) is 0 Å². The summed E-state index contributed by atoms with van der Waals surface area (Å²) >= 11 is 0. The van der Waals surface area contributed by atoms with Crippen LogP contribution < -0.4 is 0 Å². The summed E-state index contributed by atoms with van der Waals surface area (Å²) in [5.41, 5.74) is 0. The lowest BCUT2D eigenvalue weighted by Gasteiger charge is -2.04. The molecule has 72 valence electrons. The number of hydrogen-bond acceptors (Lipinski definition) is 2. The van der Waals surface area contributed by atoms with E-state index in [4.69, 9.17) is 9.47 Å². The van der Waals surface area contributed by atoms with Crippen LogP contribution in [0.15, 0.2) is 12.2 Å². The van der Waals surface area contributed by atoms with Crippen molar-refractivity contribution in [3.05, 3.63) is 12.2 Å². The maximum atomic E-state index is 5.31. The van der Waals surface area contributed by atoms with Gasteiger partial charge in [-0.15, -0.1) is 0 Å². The maximum Gasteiger partial charge on any atom is 0.0651 e. The molecule has 0 saturated heterocycles. The van der Waals surface area contributed by atoms with Gasteiger partial charge in [0.1, 0.15) is 0 Å². The Kier molecular flexibility index (Phi) is 7.11. The fourth-order valence-corrected chi connectivity index (χ4v) is 0.632. The molecular formula is C10H20O2. The van der Waals surface area contributed by atoms with Crippen molar-refractivity contribution in [2.75, 3.05) is 13.2 Å². The second-order valence-corrected chi connectivity index (χ2v) is 3.24. The smallest absolute Gasteiger partial charge is 0.0651 e. The van der Waals surface area contributed by atoms with Crippen molar-refractivity contribution in [3.63, 3.8) is 0 Å². The lowest BCUT2D eigenvalue weighted by Crippen LogP contribution is -2.03. The van der Waals surface area contributed by atoms with Gasteiger partial charge < -0.3 is 9.47 Å². The minimum absolute atomic E-state index is 0.306. The van der Waals surface area contributed by atoms with E-state index in [1.165, 1.54) is 0 Å². The lowest BCUT2D eigenvalue weighted by molar-refractivity contribution is 0.0952. The van der Waals surface area contributed by atoms with Crippen molar-refractivity contribution in [3.8, 4) is 0 Å². The molecule has 0 atom stereocenters. The SMILES string of the molecule is CC(C)OC/C=C/COC(C)C. The van der Waals surface area contributed by atoms with Gasteiger partial charge in [-0.25, -0.2) is 0 Å². The third-order valence-corrected chi connectivity index (χ3v) is 1.22. The zero-order valence-corrected chi connectivity index (χ0v) is 8.54. The molecule has 0 radical (unpaired) electrons. The van der Waals surface area contributed by atoms with Crippen LogP contribution in [-0.4, -0.2) is 25.4 Å². The molecule has 0 aliphatic carbocycles. The molecule has 0 aliphatic rings. The van der Waals surface area contributed by atoms with E-state index in [0.717, 1.165) is 0 Å². The summed E-state index contributed by atoms with van der Waals surface area (Å²) in [6, 6.07) is 0. The molecule has 0 amide bonds. The molecule has 2 nitrogen and oxygen atoms in total. The van der Waals surface area contributed by atoms with Crippen LogP contribution in [0.4, 0.5) is 0 Å². The summed E-state index contributed by atoms with van der Waals surface area (Å²) in [5, 5.41) is 0. The molecule has 0 spiro atoms. The van der Waals surface area contributed by atoms with E-state index in [-0.39, 0.29) is 0 Å². The summed E-state index contributed by atoms with van der Waals surface area (Å²) in [6.45, 7) is 9.46. The molecule has 0 rings (SSSR count). The highest BCUT2D eigenvalue weighted by molar-refractivity contribution is 4.81. The normalized spacial score (nSPS) is 12.2. The van der Waals surface area contributed by atoms with Gasteiger partial charge in [0, 0.05) is 0 Å². The first-order valence-corrected chi connectivity index (χ1v) is 4.51. The summed E-state index contributed by atoms with van der Waals surface area (Å²) < 4.78 is 10.6. The maximum absolute atomic E-state index is 5.31. The molecule has 0 bridgehead atoms. The Labute approximate surface area is 75.6 Å². The van der Waals surface area contributed by atoms with Crippen molar-refractivity contribution in [1.82, 2.24) is 0 Å². The summed E-state index contributed by atoms with van der Waals surface area (Å²) in [6.07, 6.45) is 4.59. The lowest BCUT2D eigenvalue weighted by atomic mass is 10.4. The zero-order chi connectivity index (χ0) is 9.40. The van der Waals surface area contributed by atoms with Gasteiger partial charge in [0.15, 0.2) is 0 Å². The molecule has 0 N–H and O–H groups in total. The molecule has 0 aromatic heterocycles. The number of rotatable bonds is 6. The second kappa shape index (κ2) is 7.32. The van der Waals surface area contributed by atoms with E-state index < -0.39 is 0 Å². The third-order valence-electron chi connectivity index (χ3n) is 1.22. The molecule has 0 aromatic carbocycles. The van der Waals surface area contributed by atoms with Gasteiger partial charge >= 0.3 is 0 Å². The van der Waals surface area contributed by atoms with E-state index in [2.05, 4.69) is 0 Å². The predicted octanol–water partition coefficient (Wildman–Crippen LogP) is 2.39. The second-order valence-electron chi connectivity index (χ2n) is 3.24. The largest absolute Gasteiger partial charge is 0.375 e. The van der Waals surface area contributed by atoms with Crippen LogP contribution in [0, 0.1) is 0 Å². The Morgan fingerprint density at radius 2 is 1.17 bits per heavy atom. The number of hydrogen-bond donors (Lipinski definition) is 0. The fraction of sp³-hybridized carbons (Fsp3) is 0.800. The molecule has 12 heavy (non-hydrogen) atoms. The molecule has 0 aliphatic heterocycles. The van der Waals surface area contributed by atoms with Gasteiger partial charge in [0.2, 0.25) is 0 Å². The van der Waals surface area contributed by atoms with Crippen molar-refractivity contribution < 1.29 is 9.47 Å². The van der Waals surface area contributed by atoms with Gasteiger partial charge in [-0.05, 0) is 27.7 Å². The Bertz CT molecular complexity index is 103. The van der Waals surface area contributed by atoms with Crippen LogP contribution >= 0.6 is 0 Å². The van der Waals surface area contributed by atoms with Gasteiger partial charge in [-0.3, -0.25) is 0 Å². The average molecular weight is 172 g/mol. The molecule has 0 heterocycles. The number of ether oxygens (including phenoxy) is 2. The fourth-order valence-electron chi connectivity index (χ4n) is 0.632. The van der Waals surface area contributed by atoms with E-state index in [1.807, 2.05) is 39.8 Å². The topological polar surface area (TPSA) is 18.5 Å². The molecule has 0 unspecified atom stereocenters.